The molecule has 0 saturated carbocycles. The van der Waals surface area contributed by atoms with E-state index in [9.17, 15) is 5.11 Å². The van der Waals surface area contributed by atoms with Gasteiger partial charge in [0.2, 0.25) is 0 Å². The molecule has 0 aliphatic rings. The molecule has 1 heterocycles. The number of nitrogens with zero attached hydrogens (tertiary/aromatic N) is 1. The van der Waals surface area contributed by atoms with Crippen molar-refractivity contribution in [1.29, 1.82) is 0 Å². The molecule has 23 heavy (non-hydrogen) atoms. The largest absolute Gasteiger partial charge is 0.504 e. The van der Waals surface area contributed by atoms with Gasteiger partial charge < -0.3 is 9.84 Å². The zero-order valence-electron chi connectivity index (χ0n) is 13.5. The number of phenolic OH excluding ortho intramolecular Hbond substituents is 1. The van der Waals surface area contributed by atoms with Crippen LogP contribution < -0.4 is 4.74 Å². The van der Waals surface area contributed by atoms with E-state index in [-0.39, 0.29) is 5.75 Å². The Kier molecular flexibility index (Phi) is 4.35. The number of ether oxygens (including phenoxy) is 1. The van der Waals surface area contributed by atoms with Gasteiger partial charge in [-0.15, -0.1) is 11.3 Å². The number of aryl methyl sites for hydroxylation is 2. The van der Waals surface area contributed by atoms with Crippen LogP contribution in [0.4, 0.5) is 0 Å². The molecule has 0 unspecified atom stereocenters. The third kappa shape index (κ3) is 3.37. The first-order valence-electron chi connectivity index (χ1n) is 7.58. The van der Waals surface area contributed by atoms with Gasteiger partial charge >= 0.3 is 0 Å². The first-order valence-corrected chi connectivity index (χ1v) is 8.40. The zero-order valence-corrected chi connectivity index (χ0v) is 14.3. The first kappa shape index (κ1) is 15.6. The van der Waals surface area contributed by atoms with Crippen LogP contribution in [-0.2, 0) is 0 Å². The van der Waals surface area contributed by atoms with Crippen molar-refractivity contribution in [3.05, 3.63) is 52.0 Å². The van der Waals surface area contributed by atoms with E-state index in [4.69, 9.17) is 4.74 Å². The van der Waals surface area contributed by atoms with E-state index < -0.39 is 0 Å². The van der Waals surface area contributed by atoms with Gasteiger partial charge in [0.15, 0.2) is 11.5 Å². The maximum atomic E-state index is 9.74. The number of aromatic nitrogens is 1. The van der Waals surface area contributed by atoms with Crippen LogP contribution in [0.2, 0.25) is 0 Å². The molecule has 0 spiro atoms. The Balaban J connectivity index is 1.89. The third-order valence-corrected chi connectivity index (χ3v) is 4.71. The third-order valence-electron chi connectivity index (χ3n) is 3.72. The Morgan fingerprint density at radius 3 is 2.70 bits per heavy atom. The zero-order chi connectivity index (χ0) is 16.4. The fourth-order valence-corrected chi connectivity index (χ4v) is 3.29. The predicted octanol–water partition coefficient (Wildman–Crippen LogP) is 5.19. The monoisotopic (exact) mass is 325 g/mol. The first-order chi connectivity index (χ1) is 11.1. The quantitative estimate of drug-likeness (QED) is 0.718. The number of phenols is 1. The molecule has 3 rings (SSSR count). The Morgan fingerprint density at radius 1 is 1.13 bits per heavy atom. The van der Waals surface area contributed by atoms with Crippen molar-refractivity contribution in [2.75, 3.05) is 6.61 Å². The molecule has 0 aliphatic heterocycles. The lowest BCUT2D eigenvalue weighted by Crippen LogP contribution is -1.91. The van der Waals surface area contributed by atoms with Gasteiger partial charge in [-0.3, -0.25) is 0 Å². The van der Waals surface area contributed by atoms with Crippen molar-refractivity contribution in [3.63, 3.8) is 0 Å². The molecule has 0 fully saturated rings. The number of rotatable bonds is 4. The van der Waals surface area contributed by atoms with Crippen LogP contribution in [0.1, 0.15) is 28.6 Å². The molecule has 118 valence electrons. The van der Waals surface area contributed by atoms with Crippen molar-refractivity contribution in [2.24, 2.45) is 0 Å². The van der Waals surface area contributed by atoms with Crippen LogP contribution in [0.3, 0.4) is 0 Å². The molecular weight excluding hydrogens is 306 g/mol. The summed E-state index contributed by atoms with van der Waals surface area (Å²) in [5, 5.41) is 10.7. The van der Waals surface area contributed by atoms with E-state index in [0.29, 0.717) is 12.4 Å². The van der Waals surface area contributed by atoms with Crippen molar-refractivity contribution in [3.8, 4) is 11.5 Å². The Labute approximate surface area is 139 Å². The normalized spacial score (nSPS) is 11.4. The summed E-state index contributed by atoms with van der Waals surface area (Å²) in [6.07, 6.45) is 3.98. The molecule has 0 atom stereocenters. The van der Waals surface area contributed by atoms with Crippen LogP contribution in [0.15, 0.2) is 30.3 Å². The van der Waals surface area contributed by atoms with Gasteiger partial charge in [0.1, 0.15) is 5.01 Å². The highest BCUT2D eigenvalue weighted by Crippen LogP contribution is 2.29. The van der Waals surface area contributed by atoms with Crippen molar-refractivity contribution < 1.29 is 9.84 Å². The molecule has 3 aromatic rings. The van der Waals surface area contributed by atoms with Crippen molar-refractivity contribution in [2.45, 2.75) is 20.8 Å². The van der Waals surface area contributed by atoms with Gasteiger partial charge in [-0.1, -0.05) is 12.1 Å². The van der Waals surface area contributed by atoms with E-state index >= 15 is 0 Å². The average Bonchev–Trinajstić information content (AvgIpc) is 2.90. The van der Waals surface area contributed by atoms with Gasteiger partial charge in [-0.2, -0.15) is 0 Å². The molecule has 0 amide bonds. The highest BCUT2D eigenvalue weighted by Gasteiger charge is 2.05. The summed E-state index contributed by atoms with van der Waals surface area (Å²) in [5.41, 5.74) is 4.56. The lowest BCUT2D eigenvalue weighted by molar-refractivity contribution is 0.318. The van der Waals surface area contributed by atoms with E-state index in [0.717, 1.165) is 16.1 Å². The molecule has 0 saturated heterocycles. The molecule has 1 aromatic heterocycles. The van der Waals surface area contributed by atoms with Gasteiger partial charge in [0.05, 0.1) is 16.8 Å². The minimum absolute atomic E-state index is 0.162. The molecule has 3 nitrogen and oxygen atoms in total. The molecule has 1 N–H and O–H groups in total. The van der Waals surface area contributed by atoms with Crippen LogP contribution in [-0.4, -0.2) is 16.7 Å². The molecular formula is C19H19NO2S. The number of benzene rings is 2. The summed E-state index contributed by atoms with van der Waals surface area (Å²) in [7, 11) is 0. The van der Waals surface area contributed by atoms with E-state index in [1.165, 1.54) is 15.8 Å². The van der Waals surface area contributed by atoms with E-state index in [2.05, 4.69) is 31.0 Å². The smallest absolute Gasteiger partial charge is 0.161 e. The predicted molar refractivity (Wildman–Crippen MR) is 97.3 cm³/mol. The Bertz CT molecular complexity index is 841. The number of thiazole rings is 1. The van der Waals surface area contributed by atoms with Crippen LogP contribution >= 0.6 is 11.3 Å². The maximum Gasteiger partial charge on any atom is 0.161 e. The molecule has 0 aliphatic carbocycles. The van der Waals surface area contributed by atoms with Gasteiger partial charge in [0, 0.05) is 0 Å². The number of aromatic hydroxyl groups is 1. The minimum atomic E-state index is 0.162. The number of hydrogen-bond donors (Lipinski definition) is 1. The van der Waals surface area contributed by atoms with Crippen LogP contribution in [0.5, 0.6) is 11.5 Å². The number of fused-ring (bicyclic) bond motifs is 1. The Morgan fingerprint density at radius 2 is 1.91 bits per heavy atom. The summed E-state index contributed by atoms with van der Waals surface area (Å²) < 4.78 is 6.61. The maximum absolute atomic E-state index is 9.74. The van der Waals surface area contributed by atoms with Gasteiger partial charge in [-0.05, 0) is 67.8 Å². The van der Waals surface area contributed by atoms with Crippen LogP contribution in [0.25, 0.3) is 22.4 Å². The van der Waals surface area contributed by atoms with Gasteiger partial charge in [0.25, 0.3) is 0 Å². The second-order valence-electron chi connectivity index (χ2n) is 5.45. The van der Waals surface area contributed by atoms with Crippen molar-refractivity contribution in [1.82, 2.24) is 4.98 Å². The van der Waals surface area contributed by atoms with Gasteiger partial charge in [-0.25, -0.2) is 4.98 Å². The highest BCUT2D eigenvalue weighted by atomic mass is 32.1. The molecule has 2 aromatic carbocycles. The highest BCUT2D eigenvalue weighted by molar-refractivity contribution is 7.19. The fourth-order valence-electron chi connectivity index (χ4n) is 2.34. The summed E-state index contributed by atoms with van der Waals surface area (Å²) in [6, 6.07) is 9.66. The summed E-state index contributed by atoms with van der Waals surface area (Å²) in [6.45, 7) is 6.65. The Hall–Kier alpha value is -2.33. The lowest BCUT2D eigenvalue weighted by Gasteiger charge is -2.05. The topological polar surface area (TPSA) is 42.4 Å². The summed E-state index contributed by atoms with van der Waals surface area (Å²) >= 11 is 1.68. The van der Waals surface area contributed by atoms with E-state index in [1.54, 1.807) is 17.4 Å². The lowest BCUT2D eigenvalue weighted by atomic mass is 10.1. The molecule has 4 heteroatoms. The standard InChI is InChI=1S/C19H19NO2S/c1-4-22-17-11-14(5-7-16(17)21)6-8-19-20-15-9-12(2)13(3)10-18(15)23-19/h5-11,21H,4H2,1-3H3/b8-6+. The second kappa shape index (κ2) is 6.42. The summed E-state index contributed by atoms with van der Waals surface area (Å²) in [5.74, 6) is 0.667. The fraction of sp³-hybridized carbons (Fsp3) is 0.211. The minimum Gasteiger partial charge on any atom is -0.504 e. The molecule has 0 bridgehead atoms. The SMILES string of the molecule is CCOc1cc(/C=C/c2nc3cc(C)c(C)cc3s2)ccc1O. The van der Waals surface area contributed by atoms with E-state index in [1.807, 2.05) is 31.2 Å². The van der Waals surface area contributed by atoms with Crippen LogP contribution in [0, 0.1) is 13.8 Å². The molecule has 0 radical (unpaired) electrons. The number of hydrogen-bond acceptors (Lipinski definition) is 4. The second-order valence-corrected chi connectivity index (χ2v) is 6.51. The van der Waals surface area contributed by atoms with Crippen molar-refractivity contribution >= 4 is 33.7 Å². The summed E-state index contributed by atoms with van der Waals surface area (Å²) in [4.78, 5) is 4.66. The average molecular weight is 325 g/mol.